The number of rotatable bonds is 2. The number of carbonyl (C=O) groups is 1. The maximum absolute atomic E-state index is 11.9. The van der Waals surface area contributed by atoms with Crippen molar-refractivity contribution in [1.82, 2.24) is 10.2 Å². The Morgan fingerprint density at radius 2 is 2.18 bits per heavy atom. The SMILES string of the molecule is Nc1cc(Cl)c(Cl)c(C(=O)Nc2nncs2)c1. The molecule has 0 spiro atoms. The van der Waals surface area contributed by atoms with E-state index in [0.717, 1.165) is 0 Å². The number of aromatic nitrogens is 2. The third-order valence-corrected chi connectivity index (χ3v) is 3.28. The first-order chi connectivity index (χ1) is 8.08. The van der Waals surface area contributed by atoms with E-state index < -0.39 is 5.91 Å². The Hall–Kier alpha value is -1.37. The molecule has 2 rings (SSSR count). The molecule has 0 aliphatic rings. The Morgan fingerprint density at radius 1 is 1.41 bits per heavy atom. The lowest BCUT2D eigenvalue weighted by molar-refractivity contribution is 0.102. The third kappa shape index (κ3) is 2.66. The molecular formula is C9H6Cl2N4OS. The van der Waals surface area contributed by atoms with Crippen molar-refractivity contribution < 1.29 is 4.79 Å². The molecule has 3 N–H and O–H groups in total. The van der Waals surface area contributed by atoms with E-state index in [0.29, 0.717) is 10.8 Å². The van der Waals surface area contributed by atoms with Gasteiger partial charge in [-0.2, -0.15) is 0 Å². The monoisotopic (exact) mass is 288 g/mol. The van der Waals surface area contributed by atoms with Crippen LogP contribution >= 0.6 is 34.5 Å². The van der Waals surface area contributed by atoms with Crippen LogP contribution in [0.15, 0.2) is 17.6 Å². The van der Waals surface area contributed by atoms with Gasteiger partial charge in [0.25, 0.3) is 5.91 Å². The minimum atomic E-state index is -0.430. The zero-order valence-electron chi connectivity index (χ0n) is 8.28. The quantitative estimate of drug-likeness (QED) is 0.833. The van der Waals surface area contributed by atoms with E-state index in [-0.39, 0.29) is 15.6 Å². The van der Waals surface area contributed by atoms with E-state index in [1.54, 1.807) is 0 Å². The molecule has 8 heteroatoms. The van der Waals surface area contributed by atoms with Crippen molar-refractivity contribution >= 4 is 51.3 Å². The molecule has 2 aromatic rings. The van der Waals surface area contributed by atoms with Crippen LogP contribution in [0.25, 0.3) is 0 Å². The van der Waals surface area contributed by atoms with Gasteiger partial charge >= 0.3 is 0 Å². The van der Waals surface area contributed by atoms with Crippen LogP contribution in [0.4, 0.5) is 10.8 Å². The fourth-order valence-electron chi connectivity index (χ4n) is 1.17. The molecular weight excluding hydrogens is 283 g/mol. The summed E-state index contributed by atoms with van der Waals surface area (Å²) in [5.74, 6) is -0.430. The number of anilines is 2. The summed E-state index contributed by atoms with van der Waals surface area (Å²) in [6.07, 6.45) is 0. The Morgan fingerprint density at radius 3 is 2.82 bits per heavy atom. The number of carbonyl (C=O) groups excluding carboxylic acids is 1. The molecule has 0 aliphatic carbocycles. The smallest absolute Gasteiger partial charge is 0.259 e. The standard InChI is InChI=1S/C9H6Cl2N4OS/c10-6-2-4(12)1-5(7(6)11)8(16)14-9-15-13-3-17-9/h1-3H,12H2,(H,14,15,16). The molecule has 1 aromatic carbocycles. The molecule has 0 aliphatic heterocycles. The van der Waals surface area contributed by atoms with Crippen LogP contribution in [0.2, 0.25) is 10.0 Å². The minimum Gasteiger partial charge on any atom is -0.399 e. The Bertz CT molecular complexity index is 558. The van der Waals surface area contributed by atoms with Crippen molar-refractivity contribution in [1.29, 1.82) is 0 Å². The highest BCUT2D eigenvalue weighted by Gasteiger charge is 2.15. The van der Waals surface area contributed by atoms with Gasteiger partial charge in [0, 0.05) is 5.69 Å². The van der Waals surface area contributed by atoms with Crippen molar-refractivity contribution in [2.45, 2.75) is 0 Å². The summed E-state index contributed by atoms with van der Waals surface area (Å²) in [5.41, 5.74) is 7.66. The average Bonchev–Trinajstić information content (AvgIpc) is 2.76. The van der Waals surface area contributed by atoms with Crippen molar-refractivity contribution in [3.63, 3.8) is 0 Å². The van der Waals surface area contributed by atoms with Crippen molar-refractivity contribution in [2.75, 3.05) is 11.1 Å². The molecule has 0 unspecified atom stereocenters. The fraction of sp³-hybridized carbons (Fsp3) is 0. The van der Waals surface area contributed by atoms with Crippen molar-refractivity contribution in [3.05, 3.63) is 33.3 Å². The van der Waals surface area contributed by atoms with Crippen LogP contribution in [-0.4, -0.2) is 16.1 Å². The van der Waals surface area contributed by atoms with Crippen molar-refractivity contribution in [3.8, 4) is 0 Å². The van der Waals surface area contributed by atoms with Gasteiger partial charge in [0.1, 0.15) is 5.51 Å². The highest BCUT2D eigenvalue weighted by molar-refractivity contribution is 7.13. The van der Waals surface area contributed by atoms with Crippen molar-refractivity contribution in [2.24, 2.45) is 0 Å². The summed E-state index contributed by atoms with van der Waals surface area (Å²) in [6, 6.07) is 2.93. The van der Waals surface area contributed by atoms with Gasteiger partial charge in [0.05, 0.1) is 15.6 Å². The first-order valence-corrected chi connectivity index (χ1v) is 6.03. The number of nitrogens with one attached hydrogen (secondary N) is 1. The predicted octanol–water partition coefficient (Wildman–Crippen LogP) is 2.68. The number of hydrogen-bond acceptors (Lipinski definition) is 5. The molecule has 0 saturated heterocycles. The second kappa shape index (κ2) is 4.87. The third-order valence-electron chi connectivity index (χ3n) is 1.88. The summed E-state index contributed by atoms with van der Waals surface area (Å²) in [7, 11) is 0. The van der Waals surface area contributed by atoms with Gasteiger partial charge in [-0.05, 0) is 12.1 Å². The first kappa shape index (κ1) is 12.1. The van der Waals surface area contributed by atoms with E-state index in [1.807, 2.05) is 0 Å². The number of halogens is 2. The summed E-state index contributed by atoms with van der Waals surface area (Å²) >= 11 is 12.9. The van der Waals surface area contributed by atoms with Gasteiger partial charge in [0.2, 0.25) is 5.13 Å². The van der Waals surface area contributed by atoms with Gasteiger partial charge in [-0.15, -0.1) is 10.2 Å². The Labute approximate surface area is 111 Å². The van der Waals surface area contributed by atoms with Gasteiger partial charge in [0.15, 0.2) is 0 Å². The van der Waals surface area contributed by atoms with Crippen LogP contribution in [0.3, 0.4) is 0 Å². The zero-order valence-corrected chi connectivity index (χ0v) is 10.6. The van der Waals surface area contributed by atoms with E-state index in [2.05, 4.69) is 15.5 Å². The Kier molecular flexibility index (Phi) is 3.46. The summed E-state index contributed by atoms with van der Waals surface area (Å²) < 4.78 is 0. The summed E-state index contributed by atoms with van der Waals surface area (Å²) in [4.78, 5) is 11.9. The fourth-order valence-corrected chi connectivity index (χ4v) is 2.03. The number of benzene rings is 1. The average molecular weight is 289 g/mol. The molecule has 88 valence electrons. The maximum atomic E-state index is 11.9. The largest absolute Gasteiger partial charge is 0.399 e. The molecule has 0 atom stereocenters. The molecule has 5 nitrogen and oxygen atoms in total. The van der Waals surface area contributed by atoms with Crippen LogP contribution < -0.4 is 11.1 Å². The normalized spacial score (nSPS) is 10.2. The summed E-state index contributed by atoms with van der Waals surface area (Å²) in [6.45, 7) is 0. The molecule has 0 radical (unpaired) electrons. The van der Waals surface area contributed by atoms with E-state index in [1.165, 1.54) is 29.0 Å². The van der Waals surface area contributed by atoms with Crippen LogP contribution in [0, 0.1) is 0 Å². The zero-order chi connectivity index (χ0) is 12.4. The molecule has 0 fully saturated rings. The van der Waals surface area contributed by atoms with E-state index in [9.17, 15) is 4.79 Å². The van der Waals surface area contributed by atoms with Gasteiger partial charge in [-0.3, -0.25) is 10.1 Å². The lowest BCUT2D eigenvalue weighted by atomic mass is 10.2. The van der Waals surface area contributed by atoms with Crippen LogP contribution in [0.5, 0.6) is 0 Å². The second-order valence-corrected chi connectivity index (χ2v) is 4.68. The topological polar surface area (TPSA) is 80.9 Å². The van der Waals surface area contributed by atoms with Gasteiger partial charge in [-0.25, -0.2) is 0 Å². The lowest BCUT2D eigenvalue weighted by Crippen LogP contribution is -2.13. The molecule has 17 heavy (non-hydrogen) atoms. The predicted molar refractivity (Wildman–Crippen MR) is 68.7 cm³/mol. The summed E-state index contributed by atoms with van der Waals surface area (Å²) in [5, 5.41) is 10.6. The first-order valence-electron chi connectivity index (χ1n) is 4.40. The Balaban J connectivity index is 2.31. The van der Waals surface area contributed by atoms with Crippen LogP contribution in [0.1, 0.15) is 10.4 Å². The maximum Gasteiger partial charge on any atom is 0.259 e. The number of nitrogen functional groups attached to an aromatic ring is 1. The van der Waals surface area contributed by atoms with Crippen LogP contribution in [-0.2, 0) is 0 Å². The number of nitrogens with zero attached hydrogens (tertiary/aromatic N) is 2. The number of hydrogen-bond donors (Lipinski definition) is 2. The number of nitrogens with two attached hydrogens (primary N) is 1. The van der Waals surface area contributed by atoms with Gasteiger partial charge < -0.3 is 5.73 Å². The molecule has 0 saturated carbocycles. The number of amides is 1. The molecule has 1 amide bonds. The highest BCUT2D eigenvalue weighted by atomic mass is 35.5. The highest BCUT2D eigenvalue weighted by Crippen LogP contribution is 2.29. The second-order valence-electron chi connectivity index (χ2n) is 3.06. The van der Waals surface area contributed by atoms with E-state index in [4.69, 9.17) is 28.9 Å². The molecule has 0 bridgehead atoms. The molecule has 1 heterocycles. The van der Waals surface area contributed by atoms with E-state index >= 15 is 0 Å². The minimum absolute atomic E-state index is 0.155. The molecule has 1 aromatic heterocycles. The lowest BCUT2D eigenvalue weighted by Gasteiger charge is -2.06. The van der Waals surface area contributed by atoms with Gasteiger partial charge in [-0.1, -0.05) is 34.5 Å².